The Morgan fingerprint density at radius 1 is 0.958 bits per heavy atom. The highest BCUT2D eigenvalue weighted by atomic mass is 16.3. The van der Waals surface area contributed by atoms with Crippen molar-refractivity contribution in [2.24, 2.45) is 5.73 Å². The van der Waals surface area contributed by atoms with E-state index in [4.69, 9.17) is 10.8 Å². The number of aliphatic hydroxyl groups is 1. The highest BCUT2D eigenvalue weighted by Gasteiger charge is 2.14. The summed E-state index contributed by atoms with van der Waals surface area (Å²) in [6, 6.07) is 18.1. The molecule has 1 amide bonds. The first-order valence-electron chi connectivity index (χ1n) is 7.98. The van der Waals surface area contributed by atoms with E-state index in [-0.39, 0.29) is 12.5 Å². The fourth-order valence-corrected chi connectivity index (χ4v) is 3.35. The third-order valence-electron chi connectivity index (χ3n) is 4.61. The van der Waals surface area contributed by atoms with Crippen molar-refractivity contribution in [3.63, 3.8) is 0 Å². The maximum Gasteiger partial charge on any atom is 0.239 e. The molecule has 4 nitrogen and oxygen atoms in total. The van der Waals surface area contributed by atoms with Gasteiger partial charge in [-0.3, -0.25) is 4.79 Å². The van der Waals surface area contributed by atoms with Gasteiger partial charge in [0.1, 0.15) is 6.04 Å². The zero-order chi connectivity index (χ0) is 16.7. The van der Waals surface area contributed by atoms with Gasteiger partial charge in [0, 0.05) is 6.54 Å². The lowest BCUT2D eigenvalue weighted by molar-refractivity contribution is -0.123. The van der Waals surface area contributed by atoms with Gasteiger partial charge in [-0.15, -0.1) is 0 Å². The van der Waals surface area contributed by atoms with Crippen LogP contribution < -0.4 is 11.1 Å². The fourth-order valence-electron chi connectivity index (χ4n) is 3.35. The normalized spacial score (nSPS) is 12.9. The third kappa shape index (κ3) is 2.28. The maximum absolute atomic E-state index is 11.8. The second kappa shape index (κ2) is 5.74. The van der Waals surface area contributed by atoms with Crippen LogP contribution in [0.15, 0.2) is 54.6 Å². The molecule has 4 aromatic carbocycles. The standard InChI is InChI=1S/C20H18N2O2/c21-17(11-23)20(24)22-10-15-7-6-14-5-4-12-2-1-3-13-8-9-16(15)19(14)18(12)13/h1-9,17,23H,10-11,21H2,(H,22,24)/t17-/m0/s1. The van der Waals surface area contributed by atoms with Gasteiger partial charge in [-0.1, -0.05) is 54.6 Å². The maximum atomic E-state index is 11.8. The molecule has 0 aliphatic rings. The summed E-state index contributed by atoms with van der Waals surface area (Å²) in [7, 11) is 0. The largest absolute Gasteiger partial charge is 0.394 e. The number of carbonyl (C=O) groups excluding carboxylic acids is 1. The van der Waals surface area contributed by atoms with Crippen LogP contribution in [-0.4, -0.2) is 23.7 Å². The van der Waals surface area contributed by atoms with Crippen LogP contribution >= 0.6 is 0 Å². The molecule has 4 rings (SSSR count). The molecule has 0 aliphatic heterocycles. The molecule has 0 saturated carbocycles. The summed E-state index contributed by atoms with van der Waals surface area (Å²) in [5.41, 5.74) is 6.59. The lowest BCUT2D eigenvalue weighted by Crippen LogP contribution is -2.42. The Balaban J connectivity index is 1.84. The van der Waals surface area contributed by atoms with E-state index in [0.717, 1.165) is 10.9 Å². The van der Waals surface area contributed by atoms with Crippen LogP contribution in [0.2, 0.25) is 0 Å². The topological polar surface area (TPSA) is 75.3 Å². The summed E-state index contributed by atoms with van der Waals surface area (Å²) in [4.78, 5) is 11.8. The van der Waals surface area contributed by atoms with Gasteiger partial charge < -0.3 is 16.2 Å². The van der Waals surface area contributed by atoms with Crippen molar-refractivity contribution >= 4 is 38.2 Å². The first-order valence-corrected chi connectivity index (χ1v) is 7.98. The Kier molecular flexibility index (Phi) is 3.56. The molecule has 120 valence electrons. The van der Waals surface area contributed by atoms with Crippen molar-refractivity contribution < 1.29 is 9.90 Å². The van der Waals surface area contributed by atoms with Crippen molar-refractivity contribution in [2.45, 2.75) is 12.6 Å². The van der Waals surface area contributed by atoms with E-state index in [9.17, 15) is 4.79 Å². The van der Waals surface area contributed by atoms with Crippen molar-refractivity contribution in [2.75, 3.05) is 6.61 Å². The highest BCUT2D eigenvalue weighted by molar-refractivity contribution is 6.23. The zero-order valence-corrected chi connectivity index (χ0v) is 13.1. The predicted octanol–water partition coefficient (Wildman–Crippen LogP) is 2.52. The number of aliphatic hydroxyl groups excluding tert-OH is 1. The average molecular weight is 318 g/mol. The molecule has 0 saturated heterocycles. The van der Waals surface area contributed by atoms with Crippen molar-refractivity contribution in [1.29, 1.82) is 0 Å². The molecule has 4 N–H and O–H groups in total. The Labute approximate surface area is 139 Å². The number of nitrogens with one attached hydrogen (secondary N) is 1. The number of benzene rings is 4. The molecule has 0 radical (unpaired) electrons. The molecular weight excluding hydrogens is 300 g/mol. The molecule has 0 heterocycles. The molecule has 4 heteroatoms. The molecule has 0 bridgehead atoms. The molecule has 0 unspecified atom stereocenters. The third-order valence-corrected chi connectivity index (χ3v) is 4.61. The number of nitrogens with two attached hydrogens (primary N) is 1. The van der Waals surface area contributed by atoms with E-state index in [1.54, 1.807) is 0 Å². The van der Waals surface area contributed by atoms with Crippen LogP contribution in [0, 0.1) is 0 Å². The minimum Gasteiger partial charge on any atom is -0.394 e. The zero-order valence-electron chi connectivity index (χ0n) is 13.1. The molecule has 0 spiro atoms. The number of amides is 1. The van der Waals surface area contributed by atoms with Crippen LogP contribution in [0.1, 0.15) is 5.56 Å². The van der Waals surface area contributed by atoms with Crippen LogP contribution in [0.3, 0.4) is 0 Å². The molecule has 0 fully saturated rings. The van der Waals surface area contributed by atoms with E-state index in [1.165, 1.54) is 26.9 Å². The Bertz CT molecular complexity index is 1030. The van der Waals surface area contributed by atoms with E-state index < -0.39 is 6.04 Å². The minimum absolute atomic E-state index is 0.344. The molecule has 1 atom stereocenters. The summed E-state index contributed by atoms with van der Waals surface area (Å²) in [5, 5.41) is 19.0. The smallest absolute Gasteiger partial charge is 0.239 e. The van der Waals surface area contributed by atoms with Crippen LogP contribution in [0.4, 0.5) is 0 Å². The molecule has 0 aromatic heterocycles. The second-order valence-electron chi connectivity index (χ2n) is 6.09. The van der Waals surface area contributed by atoms with Gasteiger partial charge in [-0.25, -0.2) is 0 Å². The van der Waals surface area contributed by atoms with Crippen molar-refractivity contribution in [3.05, 3.63) is 60.2 Å². The van der Waals surface area contributed by atoms with E-state index in [0.29, 0.717) is 6.54 Å². The molecule has 0 aliphatic carbocycles. The fraction of sp³-hybridized carbons (Fsp3) is 0.150. The van der Waals surface area contributed by atoms with Gasteiger partial charge >= 0.3 is 0 Å². The lowest BCUT2D eigenvalue weighted by atomic mass is 9.92. The summed E-state index contributed by atoms with van der Waals surface area (Å²) < 4.78 is 0. The second-order valence-corrected chi connectivity index (χ2v) is 6.09. The van der Waals surface area contributed by atoms with E-state index in [1.807, 2.05) is 6.07 Å². The van der Waals surface area contributed by atoms with Gasteiger partial charge in [0.15, 0.2) is 0 Å². The monoisotopic (exact) mass is 318 g/mol. The Morgan fingerprint density at radius 3 is 2.29 bits per heavy atom. The summed E-state index contributed by atoms with van der Waals surface area (Å²) in [6.45, 7) is 0.0328. The summed E-state index contributed by atoms with van der Waals surface area (Å²) >= 11 is 0. The van der Waals surface area contributed by atoms with Crippen molar-refractivity contribution in [3.8, 4) is 0 Å². The van der Waals surface area contributed by atoms with Gasteiger partial charge in [0.2, 0.25) is 5.91 Å². The Hall–Kier alpha value is -2.69. The van der Waals surface area contributed by atoms with Gasteiger partial charge in [-0.05, 0) is 37.9 Å². The van der Waals surface area contributed by atoms with E-state index >= 15 is 0 Å². The van der Waals surface area contributed by atoms with Crippen LogP contribution in [-0.2, 0) is 11.3 Å². The van der Waals surface area contributed by atoms with Crippen molar-refractivity contribution in [1.82, 2.24) is 5.32 Å². The highest BCUT2D eigenvalue weighted by Crippen LogP contribution is 2.35. The van der Waals surface area contributed by atoms with Gasteiger partial charge in [0.25, 0.3) is 0 Å². The number of carbonyl (C=O) groups is 1. The first kappa shape index (κ1) is 14.9. The lowest BCUT2D eigenvalue weighted by Gasteiger charge is -2.15. The summed E-state index contributed by atoms with van der Waals surface area (Å²) in [6.07, 6.45) is 0. The SMILES string of the molecule is N[C@@H](CO)C(=O)NCc1ccc2ccc3cccc4ccc1c2c34. The molecule has 24 heavy (non-hydrogen) atoms. The molecular formula is C20H18N2O2. The van der Waals surface area contributed by atoms with Crippen LogP contribution in [0.5, 0.6) is 0 Å². The van der Waals surface area contributed by atoms with E-state index in [2.05, 4.69) is 53.8 Å². The quantitative estimate of drug-likeness (QED) is 0.506. The Morgan fingerprint density at radius 2 is 1.58 bits per heavy atom. The predicted molar refractivity (Wildman–Crippen MR) is 97.1 cm³/mol. The minimum atomic E-state index is -0.884. The number of rotatable bonds is 4. The van der Waals surface area contributed by atoms with Gasteiger partial charge in [0.05, 0.1) is 6.61 Å². The average Bonchev–Trinajstić information content (AvgIpc) is 2.64. The number of hydrogen-bond donors (Lipinski definition) is 3. The van der Waals surface area contributed by atoms with Gasteiger partial charge in [-0.2, -0.15) is 0 Å². The molecule has 4 aromatic rings. The van der Waals surface area contributed by atoms with Crippen LogP contribution in [0.25, 0.3) is 32.3 Å². The summed E-state index contributed by atoms with van der Waals surface area (Å²) in [5.74, 6) is -0.344. The number of hydrogen-bond acceptors (Lipinski definition) is 3. The first-order chi connectivity index (χ1) is 11.7.